The predicted octanol–water partition coefficient (Wildman–Crippen LogP) is 2.65. The number of aryl methyl sites for hydroxylation is 1. The van der Waals surface area contributed by atoms with Gasteiger partial charge in [0.2, 0.25) is 5.91 Å². The number of hydrogen-bond donors (Lipinski definition) is 0. The third-order valence-corrected chi connectivity index (χ3v) is 6.07. The summed E-state index contributed by atoms with van der Waals surface area (Å²) in [7, 11) is 1.72. The molecule has 0 saturated carbocycles. The van der Waals surface area contributed by atoms with Crippen LogP contribution >= 0.6 is 0 Å². The summed E-state index contributed by atoms with van der Waals surface area (Å²) in [5.74, 6) is 0.250. The summed E-state index contributed by atoms with van der Waals surface area (Å²) in [5.41, 5.74) is 2.13. The second kappa shape index (κ2) is 10.3. The van der Waals surface area contributed by atoms with Crippen LogP contribution in [-0.4, -0.2) is 72.8 Å². The number of ether oxygens (including phenoxy) is 2. The number of unbranched alkanes of at least 4 members (excludes halogenated alkanes) is 1. The van der Waals surface area contributed by atoms with Crippen LogP contribution in [0.25, 0.3) is 0 Å². The Morgan fingerprint density at radius 1 is 1.21 bits per heavy atom. The molecule has 0 bridgehead atoms. The number of methoxy groups -OCH3 is 1. The van der Waals surface area contributed by atoms with Crippen LogP contribution < -0.4 is 0 Å². The lowest BCUT2D eigenvalue weighted by Crippen LogP contribution is -2.47. The summed E-state index contributed by atoms with van der Waals surface area (Å²) in [6, 6.07) is 4.30. The third-order valence-electron chi connectivity index (χ3n) is 6.07. The largest absolute Gasteiger partial charge is 0.385 e. The molecule has 0 N–H and O–H groups in total. The van der Waals surface area contributed by atoms with Crippen molar-refractivity contribution in [2.45, 2.75) is 57.6 Å². The summed E-state index contributed by atoms with van der Waals surface area (Å²) >= 11 is 0. The van der Waals surface area contributed by atoms with E-state index in [1.165, 1.54) is 5.56 Å². The van der Waals surface area contributed by atoms with Gasteiger partial charge in [-0.05, 0) is 43.7 Å². The molecule has 2 aliphatic rings. The quantitative estimate of drug-likeness (QED) is 0.640. The van der Waals surface area contributed by atoms with Crippen LogP contribution in [0, 0.1) is 0 Å². The van der Waals surface area contributed by atoms with Gasteiger partial charge in [0.1, 0.15) is 0 Å². The number of hydrogen-bond acceptors (Lipinski definition) is 5. The van der Waals surface area contributed by atoms with E-state index in [1.807, 2.05) is 11.1 Å². The summed E-state index contributed by atoms with van der Waals surface area (Å²) in [5, 5.41) is 0. The first-order valence-electron chi connectivity index (χ1n) is 10.7. The highest BCUT2D eigenvalue weighted by Crippen LogP contribution is 2.32. The first-order valence-corrected chi connectivity index (χ1v) is 10.7. The van der Waals surface area contributed by atoms with Gasteiger partial charge in [-0.3, -0.25) is 14.7 Å². The van der Waals surface area contributed by atoms with Crippen LogP contribution in [0.5, 0.6) is 0 Å². The molecule has 0 aromatic carbocycles. The van der Waals surface area contributed by atoms with Gasteiger partial charge in [0.05, 0.1) is 24.3 Å². The lowest BCUT2D eigenvalue weighted by atomic mass is 9.87. The Bertz CT molecular complexity index is 612. The second-order valence-corrected chi connectivity index (χ2v) is 8.08. The molecule has 2 saturated heterocycles. The summed E-state index contributed by atoms with van der Waals surface area (Å²) < 4.78 is 11.4. The normalized spacial score (nSPS) is 20.5. The van der Waals surface area contributed by atoms with E-state index < -0.39 is 0 Å². The minimum absolute atomic E-state index is 0.250. The average molecular weight is 390 g/mol. The molecular formula is C22H35N3O3. The zero-order chi connectivity index (χ0) is 19.8. The van der Waals surface area contributed by atoms with Gasteiger partial charge in [-0.25, -0.2) is 0 Å². The van der Waals surface area contributed by atoms with E-state index in [2.05, 4.69) is 28.9 Å². The Morgan fingerprint density at radius 3 is 2.71 bits per heavy atom. The van der Waals surface area contributed by atoms with Crippen LogP contribution in [0.15, 0.2) is 18.3 Å². The van der Waals surface area contributed by atoms with Gasteiger partial charge in [-0.2, -0.15) is 0 Å². The molecule has 3 heterocycles. The molecule has 0 radical (unpaired) electrons. The molecule has 28 heavy (non-hydrogen) atoms. The minimum atomic E-state index is -0.269. The maximum absolute atomic E-state index is 12.8. The van der Waals surface area contributed by atoms with Crippen molar-refractivity contribution in [2.75, 3.05) is 46.5 Å². The van der Waals surface area contributed by atoms with Crippen molar-refractivity contribution >= 4 is 5.91 Å². The Kier molecular flexibility index (Phi) is 7.82. The fraction of sp³-hybridized carbons (Fsp3) is 0.727. The first kappa shape index (κ1) is 21.2. The van der Waals surface area contributed by atoms with Crippen molar-refractivity contribution < 1.29 is 14.3 Å². The van der Waals surface area contributed by atoms with Gasteiger partial charge in [-0.15, -0.1) is 0 Å². The number of amides is 1. The number of piperidine rings is 1. The Balaban J connectivity index is 1.47. The maximum Gasteiger partial charge on any atom is 0.225 e. The van der Waals surface area contributed by atoms with Crippen molar-refractivity contribution in [2.24, 2.45) is 0 Å². The number of carbonyl (C=O) groups excluding carboxylic acids is 1. The highest BCUT2D eigenvalue weighted by molar-refractivity contribution is 5.77. The zero-order valence-corrected chi connectivity index (χ0v) is 17.5. The molecule has 156 valence electrons. The summed E-state index contributed by atoms with van der Waals surface area (Å²) in [4.78, 5) is 21.8. The number of rotatable bonds is 8. The third kappa shape index (κ3) is 5.75. The number of aromatic nitrogens is 1. The molecule has 2 aliphatic heterocycles. The van der Waals surface area contributed by atoms with Gasteiger partial charge in [0.25, 0.3) is 0 Å². The summed E-state index contributed by atoms with van der Waals surface area (Å²) in [6.07, 6.45) is 7.35. The Labute approximate surface area is 169 Å². The number of likely N-dealkylation sites (tertiary alicyclic amines) is 1. The smallest absolute Gasteiger partial charge is 0.225 e. The van der Waals surface area contributed by atoms with Crippen LogP contribution in [0.3, 0.4) is 0 Å². The van der Waals surface area contributed by atoms with Crippen molar-refractivity contribution in [3.05, 3.63) is 29.6 Å². The van der Waals surface area contributed by atoms with Gasteiger partial charge >= 0.3 is 0 Å². The van der Waals surface area contributed by atoms with Crippen LogP contribution in [0.4, 0.5) is 0 Å². The van der Waals surface area contributed by atoms with E-state index >= 15 is 0 Å². The van der Waals surface area contributed by atoms with Crippen LogP contribution in [0.2, 0.25) is 0 Å². The molecule has 6 nitrogen and oxygen atoms in total. The molecule has 1 spiro atoms. The molecule has 1 amide bonds. The number of pyridine rings is 1. The van der Waals surface area contributed by atoms with E-state index in [9.17, 15) is 4.79 Å². The van der Waals surface area contributed by atoms with E-state index in [-0.39, 0.29) is 11.5 Å². The molecule has 1 aromatic rings. The van der Waals surface area contributed by atoms with E-state index in [1.54, 1.807) is 7.11 Å². The molecular weight excluding hydrogens is 354 g/mol. The highest BCUT2D eigenvalue weighted by Gasteiger charge is 2.40. The van der Waals surface area contributed by atoms with Crippen molar-refractivity contribution in [3.63, 3.8) is 0 Å². The topological polar surface area (TPSA) is 54.9 Å². The molecule has 1 aromatic heterocycles. The minimum Gasteiger partial charge on any atom is -0.385 e. The fourth-order valence-electron chi connectivity index (χ4n) is 4.15. The average Bonchev–Trinajstić information content (AvgIpc) is 2.86. The van der Waals surface area contributed by atoms with Crippen molar-refractivity contribution in [1.29, 1.82) is 0 Å². The molecule has 0 aliphatic carbocycles. The SMILES string of the molecule is CCc1ccc(CN2CCC3(CC2)CC(=O)N(CCCCOC)CCO3)nc1. The number of nitrogens with zero attached hydrogens (tertiary/aromatic N) is 3. The molecule has 0 unspecified atom stereocenters. The maximum atomic E-state index is 12.8. The van der Waals surface area contributed by atoms with Crippen molar-refractivity contribution in [3.8, 4) is 0 Å². The lowest BCUT2D eigenvalue weighted by molar-refractivity contribution is -0.135. The van der Waals surface area contributed by atoms with E-state index in [0.717, 1.165) is 70.6 Å². The standard InChI is InChI=1S/C22H35N3O3/c1-3-19-6-7-20(23-17-19)18-24-11-8-22(9-12-24)16-21(26)25(13-15-28-22)10-4-5-14-27-2/h6-7,17H,3-5,8-16,18H2,1-2H3. The van der Waals surface area contributed by atoms with Crippen LogP contribution in [-0.2, 0) is 27.2 Å². The van der Waals surface area contributed by atoms with Gasteiger partial charge in [0.15, 0.2) is 0 Å². The van der Waals surface area contributed by atoms with E-state index in [0.29, 0.717) is 19.6 Å². The zero-order valence-electron chi connectivity index (χ0n) is 17.5. The predicted molar refractivity (Wildman–Crippen MR) is 109 cm³/mol. The number of carbonyl (C=O) groups is 1. The molecule has 3 rings (SSSR count). The van der Waals surface area contributed by atoms with E-state index in [4.69, 9.17) is 9.47 Å². The van der Waals surface area contributed by atoms with Crippen molar-refractivity contribution in [1.82, 2.24) is 14.8 Å². The molecule has 6 heteroatoms. The molecule has 0 atom stereocenters. The lowest BCUT2D eigenvalue weighted by Gasteiger charge is -2.40. The van der Waals surface area contributed by atoms with Gasteiger partial charge < -0.3 is 14.4 Å². The highest BCUT2D eigenvalue weighted by atomic mass is 16.5. The Hall–Kier alpha value is -1.50. The fourth-order valence-corrected chi connectivity index (χ4v) is 4.15. The van der Waals surface area contributed by atoms with Crippen LogP contribution in [0.1, 0.15) is 50.3 Å². The second-order valence-electron chi connectivity index (χ2n) is 8.08. The van der Waals surface area contributed by atoms with Gasteiger partial charge in [-0.1, -0.05) is 13.0 Å². The van der Waals surface area contributed by atoms with Gasteiger partial charge in [0, 0.05) is 52.6 Å². The molecule has 2 fully saturated rings. The first-order chi connectivity index (χ1) is 13.6. The Morgan fingerprint density at radius 2 is 2.04 bits per heavy atom. The summed E-state index contributed by atoms with van der Waals surface area (Å²) in [6.45, 7) is 7.87. The monoisotopic (exact) mass is 389 g/mol.